The van der Waals surface area contributed by atoms with Crippen molar-refractivity contribution in [1.29, 1.82) is 0 Å². The van der Waals surface area contributed by atoms with Gasteiger partial charge in [-0.25, -0.2) is 8.78 Å². The molecule has 1 aromatic heterocycles. The highest BCUT2D eigenvalue weighted by atomic mass is 35.5. The van der Waals surface area contributed by atoms with Crippen molar-refractivity contribution in [1.82, 2.24) is 25.5 Å². The van der Waals surface area contributed by atoms with Gasteiger partial charge in [-0.2, -0.15) is 17.9 Å². The Bertz CT molecular complexity index is 1220. The van der Waals surface area contributed by atoms with E-state index in [4.69, 9.17) is 11.6 Å². The van der Waals surface area contributed by atoms with Crippen LogP contribution in [-0.2, 0) is 6.18 Å². The number of nitrogens with zero attached hydrogens (tertiary/aromatic N) is 4. The molecule has 1 saturated carbocycles. The van der Waals surface area contributed by atoms with Gasteiger partial charge in [0.1, 0.15) is 18.3 Å². The molecule has 0 radical (unpaired) electrons. The van der Waals surface area contributed by atoms with Crippen molar-refractivity contribution in [3.8, 4) is 5.69 Å². The van der Waals surface area contributed by atoms with Crippen molar-refractivity contribution in [3.63, 3.8) is 0 Å². The summed E-state index contributed by atoms with van der Waals surface area (Å²) in [6.07, 6.45) is -5.10. The third-order valence-electron chi connectivity index (χ3n) is 6.11. The maximum atomic E-state index is 14.3. The van der Waals surface area contributed by atoms with Crippen LogP contribution in [0.15, 0.2) is 42.7 Å². The number of hydrogen-bond acceptors (Lipinski definition) is 5. The minimum atomic E-state index is -4.67. The van der Waals surface area contributed by atoms with E-state index in [0.717, 1.165) is 35.3 Å². The summed E-state index contributed by atoms with van der Waals surface area (Å²) in [5.74, 6) is -2.47. The molecule has 0 spiro atoms. The zero-order chi connectivity index (χ0) is 25.4. The predicted octanol–water partition coefficient (Wildman–Crippen LogP) is 4.24. The number of amides is 1. The van der Waals surface area contributed by atoms with Gasteiger partial charge in [-0.15, -0.1) is 5.10 Å². The van der Waals surface area contributed by atoms with Crippen LogP contribution < -0.4 is 5.32 Å². The first kappa shape index (κ1) is 25.0. The highest BCUT2D eigenvalue weighted by Gasteiger charge is 2.44. The van der Waals surface area contributed by atoms with Crippen molar-refractivity contribution < 1.29 is 31.9 Å². The summed E-state index contributed by atoms with van der Waals surface area (Å²) in [6.45, 7) is -0.383. The van der Waals surface area contributed by atoms with Crippen molar-refractivity contribution in [2.75, 3.05) is 6.54 Å². The van der Waals surface area contributed by atoms with E-state index in [9.17, 15) is 31.9 Å². The molecule has 1 aliphatic rings. The Morgan fingerprint density at radius 2 is 2.06 bits per heavy atom. The topological polar surface area (TPSA) is 92.9 Å². The van der Waals surface area contributed by atoms with E-state index in [1.165, 1.54) is 12.1 Å². The van der Waals surface area contributed by atoms with Crippen LogP contribution in [0.3, 0.4) is 0 Å². The van der Waals surface area contributed by atoms with Gasteiger partial charge in [-0.05, 0) is 59.5 Å². The number of carbonyl (C=O) groups excluding carboxylic acids is 1. The minimum Gasteiger partial charge on any atom is -0.387 e. The van der Waals surface area contributed by atoms with E-state index in [1.54, 1.807) is 0 Å². The van der Waals surface area contributed by atoms with Gasteiger partial charge >= 0.3 is 6.18 Å². The third-order valence-corrected chi connectivity index (χ3v) is 6.51. The van der Waals surface area contributed by atoms with Gasteiger partial charge in [0, 0.05) is 12.5 Å². The molecule has 186 valence electrons. The van der Waals surface area contributed by atoms with Crippen LogP contribution in [0.2, 0.25) is 5.02 Å². The second kappa shape index (κ2) is 9.50. The highest BCUT2D eigenvalue weighted by molar-refractivity contribution is 6.31. The van der Waals surface area contributed by atoms with Crippen molar-refractivity contribution in [2.24, 2.45) is 0 Å². The molecule has 3 atom stereocenters. The molecule has 1 amide bonds. The molecule has 7 nitrogen and oxygen atoms in total. The van der Waals surface area contributed by atoms with Gasteiger partial charge in [0.05, 0.1) is 27.4 Å². The van der Waals surface area contributed by atoms with Crippen molar-refractivity contribution >= 4 is 17.5 Å². The molecule has 1 heterocycles. The van der Waals surface area contributed by atoms with Crippen LogP contribution in [0.1, 0.15) is 46.7 Å². The first-order chi connectivity index (χ1) is 16.5. The lowest BCUT2D eigenvalue weighted by molar-refractivity contribution is -0.137. The average molecular weight is 516 g/mol. The molecule has 1 fully saturated rings. The molecular formula is C22H19ClF5N5O2. The third kappa shape index (κ3) is 5.13. The zero-order valence-electron chi connectivity index (χ0n) is 17.9. The second-order valence-corrected chi connectivity index (χ2v) is 8.72. The molecular weight excluding hydrogens is 497 g/mol. The number of alkyl halides is 4. The Kier molecular flexibility index (Phi) is 6.78. The fourth-order valence-electron chi connectivity index (χ4n) is 4.28. The van der Waals surface area contributed by atoms with Gasteiger partial charge in [0.25, 0.3) is 5.91 Å². The van der Waals surface area contributed by atoms with Gasteiger partial charge in [-0.1, -0.05) is 23.7 Å². The number of nitrogens with one attached hydrogen (secondary N) is 1. The Hall–Kier alpha value is -3.12. The standard InChI is InChI=1S/C22H19ClF5N5O2/c23-19-14(2-1-3-17(19)25)16-9-13(24)6-7-21(16,35)10-29-20(34)15-5-4-12(22(26,27)28)8-18(15)33-11-30-31-32-33/h1-5,8,11,13,16,35H,6-7,9-10H2,(H,29,34). The summed E-state index contributed by atoms with van der Waals surface area (Å²) in [7, 11) is 0. The smallest absolute Gasteiger partial charge is 0.387 e. The zero-order valence-corrected chi connectivity index (χ0v) is 18.7. The van der Waals surface area contributed by atoms with E-state index in [2.05, 4.69) is 20.8 Å². The summed E-state index contributed by atoms with van der Waals surface area (Å²) in [5.41, 5.74) is -2.91. The van der Waals surface area contributed by atoms with E-state index in [0.29, 0.717) is 0 Å². The molecule has 1 aliphatic carbocycles. The number of tetrazole rings is 1. The summed E-state index contributed by atoms with van der Waals surface area (Å²) >= 11 is 6.08. The summed E-state index contributed by atoms with van der Waals surface area (Å²) < 4.78 is 68.9. The number of carbonyl (C=O) groups is 1. The Morgan fingerprint density at radius 1 is 1.29 bits per heavy atom. The highest BCUT2D eigenvalue weighted by Crippen LogP contribution is 2.44. The fraction of sp³-hybridized carbons (Fsp3) is 0.364. The Labute approximate surface area is 200 Å². The quantitative estimate of drug-likeness (QED) is 0.496. The van der Waals surface area contributed by atoms with Crippen molar-refractivity contribution in [2.45, 2.75) is 43.1 Å². The Morgan fingerprint density at radius 3 is 2.74 bits per heavy atom. The number of rotatable bonds is 5. The van der Waals surface area contributed by atoms with E-state index in [-0.39, 0.29) is 47.6 Å². The average Bonchev–Trinajstić information content (AvgIpc) is 3.35. The maximum absolute atomic E-state index is 14.3. The number of halogens is 6. The SMILES string of the molecule is O=C(NCC1(O)CCC(F)CC1c1cccc(F)c1Cl)c1ccc(C(F)(F)F)cc1-n1cnnn1. The largest absolute Gasteiger partial charge is 0.416 e. The van der Waals surface area contributed by atoms with E-state index >= 15 is 0 Å². The number of hydrogen-bond donors (Lipinski definition) is 2. The molecule has 3 aromatic rings. The monoisotopic (exact) mass is 515 g/mol. The normalized spacial score (nSPS) is 22.7. The Balaban J connectivity index is 1.62. The second-order valence-electron chi connectivity index (χ2n) is 8.34. The maximum Gasteiger partial charge on any atom is 0.416 e. The first-order valence-corrected chi connectivity index (χ1v) is 10.9. The fourth-order valence-corrected chi connectivity index (χ4v) is 4.54. The molecule has 3 unspecified atom stereocenters. The molecule has 4 rings (SSSR count). The molecule has 2 aromatic carbocycles. The van der Waals surface area contributed by atoms with Crippen LogP contribution in [0.25, 0.3) is 5.69 Å². The van der Waals surface area contributed by atoms with Crippen LogP contribution in [0.4, 0.5) is 22.0 Å². The van der Waals surface area contributed by atoms with Gasteiger partial charge in [0.15, 0.2) is 0 Å². The van der Waals surface area contributed by atoms with Gasteiger partial charge in [-0.3, -0.25) is 4.79 Å². The van der Waals surface area contributed by atoms with Crippen LogP contribution >= 0.6 is 11.6 Å². The molecule has 13 heteroatoms. The van der Waals surface area contributed by atoms with E-state index in [1.807, 2.05) is 0 Å². The number of benzene rings is 2. The van der Waals surface area contributed by atoms with Gasteiger partial charge in [0.2, 0.25) is 0 Å². The summed E-state index contributed by atoms with van der Waals surface area (Å²) in [5, 5.41) is 24.0. The lowest BCUT2D eigenvalue weighted by Crippen LogP contribution is -2.50. The number of aliphatic hydroxyl groups is 1. The summed E-state index contributed by atoms with van der Waals surface area (Å²) in [4.78, 5) is 13.0. The lowest BCUT2D eigenvalue weighted by atomic mass is 9.71. The molecule has 35 heavy (non-hydrogen) atoms. The van der Waals surface area contributed by atoms with Crippen LogP contribution in [0, 0.1) is 5.82 Å². The molecule has 0 saturated heterocycles. The molecule has 0 aliphatic heterocycles. The van der Waals surface area contributed by atoms with Crippen LogP contribution in [0.5, 0.6) is 0 Å². The molecule has 0 bridgehead atoms. The van der Waals surface area contributed by atoms with Crippen molar-refractivity contribution in [3.05, 3.63) is 70.3 Å². The number of aromatic nitrogens is 4. The molecule has 2 N–H and O–H groups in total. The summed E-state index contributed by atoms with van der Waals surface area (Å²) in [6, 6.07) is 6.43. The first-order valence-electron chi connectivity index (χ1n) is 10.5. The van der Waals surface area contributed by atoms with Gasteiger partial charge < -0.3 is 10.4 Å². The van der Waals surface area contributed by atoms with Crippen LogP contribution in [-0.4, -0.2) is 49.5 Å². The van der Waals surface area contributed by atoms with E-state index < -0.39 is 41.2 Å². The predicted molar refractivity (Wildman–Crippen MR) is 114 cm³/mol. The minimum absolute atomic E-state index is 0.00591. The lowest BCUT2D eigenvalue weighted by Gasteiger charge is -2.42.